The first kappa shape index (κ1) is 14.8. The Labute approximate surface area is 125 Å². The quantitative estimate of drug-likeness (QED) is 0.692. The molecule has 0 aromatic rings. The minimum atomic E-state index is 0.595. The molecule has 3 aliphatic carbocycles. The Kier molecular flexibility index (Phi) is 5.04. The van der Waals surface area contributed by atoms with E-state index in [4.69, 9.17) is 0 Å². The lowest BCUT2D eigenvalue weighted by Gasteiger charge is -2.41. The van der Waals surface area contributed by atoms with E-state index in [2.05, 4.69) is 17.1 Å². The lowest BCUT2D eigenvalue weighted by atomic mass is 9.73. The molecule has 0 saturated heterocycles. The molecular weight excluding hydrogens is 244 g/mol. The molecule has 0 unspecified atom stereocenters. The van der Waals surface area contributed by atoms with Crippen LogP contribution in [0.3, 0.4) is 0 Å². The zero-order valence-electron chi connectivity index (χ0n) is 13.5. The molecule has 0 radical (unpaired) electrons. The van der Waals surface area contributed by atoms with Crippen molar-refractivity contribution < 1.29 is 0 Å². The third-order valence-corrected chi connectivity index (χ3v) is 5.65. The summed E-state index contributed by atoms with van der Waals surface area (Å²) in [4.78, 5) is 2.87. The molecule has 2 nitrogen and oxygen atoms in total. The maximum Gasteiger partial charge on any atom is 0.00504 e. The third kappa shape index (κ3) is 4.46. The van der Waals surface area contributed by atoms with Crippen LogP contribution >= 0.6 is 0 Å². The normalized spacial score (nSPS) is 26.1. The summed E-state index contributed by atoms with van der Waals surface area (Å²) in [6.07, 6.45) is 13.3. The van der Waals surface area contributed by atoms with Gasteiger partial charge in [-0.15, -0.1) is 0 Å². The van der Waals surface area contributed by atoms with Gasteiger partial charge in [0.05, 0.1) is 0 Å². The van der Waals surface area contributed by atoms with Gasteiger partial charge in [-0.05, 0) is 62.3 Å². The third-order valence-electron chi connectivity index (χ3n) is 5.65. The van der Waals surface area contributed by atoms with Crippen LogP contribution in [-0.2, 0) is 0 Å². The zero-order chi connectivity index (χ0) is 13.8. The average molecular weight is 278 g/mol. The molecule has 0 spiro atoms. The van der Waals surface area contributed by atoms with Crippen molar-refractivity contribution in [3.05, 3.63) is 0 Å². The number of rotatable bonds is 9. The molecule has 3 fully saturated rings. The molecule has 0 bridgehead atoms. The molecule has 1 N–H and O–H groups in total. The first-order valence-corrected chi connectivity index (χ1v) is 9.23. The van der Waals surface area contributed by atoms with E-state index in [0.29, 0.717) is 5.41 Å². The Hall–Kier alpha value is -0.0800. The molecule has 0 atom stereocenters. The first-order valence-electron chi connectivity index (χ1n) is 9.23. The van der Waals surface area contributed by atoms with Gasteiger partial charge in [0.2, 0.25) is 0 Å². The Morgan fingerprint density at radius 2 is 1.55 bits per heavy atom. The highest BCUT2D eigenvalue weighted by Gasteiger charge is 2.36. The second-order valence-electron chi connectivity index (χ2n) is 7.92. The van der Waals surface area contributed by atoms with Gasteiger partial charge in [-0.3, -0.25) is 0 Å². The van der Waals surface area contributed by atoms with Crippen molar-refractivity contribution in [2.24, 2.45) is 17.3 Å². The fourth-order valence-corrected chi connectivity index (χ4v) is 4.09. The maximum atomic E-state index is 3.68. The van der Waals surface area contributed by atoms with E-state index < -0.39 is 0 Å². The predicted molar refractivity (Wildman–Crippen MR) is 85.9 cm³/mol. The second-order valence-corrected chi connectivity index (χ2v) is 7.92. The van der Waals surface area contributed by atoms with Crippen LogP contribution in [0.15, 0.2) is 0 Å². The molecule has 3 saturated carbocycles. The number of hydrogen-bond donors (Lipinski definition) is 1. The molecule has 3 aliphatic rings. The van der Waals surface area contributed by atoms with Crippen LogP contribution in [0.4, 0.5) is 0 Å². The van der Waals surface area contributed by atoms with Gasteiger partial charge in [0.1, 0.15) is 0 Å². The van der Waals surface area contributed by atoms with Crippen molar-refractivity contribution in [3.8, 4) is 0 Å². The molecule has 0 aromatic carbocycles. The van der Waals surface area contributed by atoms with E-state index in [9.17, 15) is 0 Å². The lowest BCUT2D eigenvalue weighted by molar-refractivity contribution is 0.0963. The Morgan fingerprint density at radius 1 is 0.950 bits per heavy atom. The minimum absolute atomic E-state index is 0.595. The van der Waals surface area contributed by atoms with Crippen molar-refractivity contribution in [3.63, 3.8) is 0 Å². The number of hydrogen-bond acceptors (Lipinski definition) is 2. The van der Waals surface area contributed by atoms with Crippen LogP contribution in [0.5, 0.6) is 0 Å². The molecular formula is C18H34N2. The molecule has 0 aliphatic heterocycles. The minimum Gasteiger partial charge on any atom is -0.316 e. The highest BCUT2D eigenvalue weighted by atomic mass is 15.1. The van der Waals surface area contributed by atoms with Gasteiger partial charge in [0.15, 0.2) is 0 Å². The largest absolute Gasteiger partial charge is 0.316 e. The van der Waals surface area contributed by atoms with Crippen LogP contribution < -0.4 is 5.32 Å². The van der Waals surface area contributed by atoms with E-state index in [1.54, 1.807) is 0 Å². The highest BCUT2D eigenvalue weighted by Crippen LogP contribution is 2.39. The molecule has 0 heterocycles. The smallest absolute Gasteiger partial charge is 0.00504 e. The lowest BCUT2D eigenvalue weighted by Crippen LogP contribution is -2.46. The topological polar surface area (TPSA) is 15.3 Å². The summed E-state index contributed by atoms with van der Waals surface area (Å²) in [5.74, 6) is 2.10. The second kappa shape index (κ2) is 6.79. The van der Waals surface area contributed by atoms with E-state index in [-0.39, 0.29) is 0 Å². The summed E-state index contributed by atoms with van der Waals surface area (Å²) in [5, 5.41) is 3.68. The van der Waals surface area contributed by atoms with Crippen LogP contribution in [0.25, 0.3) is 0 Å². The first-order chi connectivity index (χ1) is 9.80. The zero-order valence-corrected chi connectivity index (χ0v) is 13.5. The van der Waals surface area contributed by atoms with Crippen molar-refractivity contribution in [1.82, 2.24) is 10.2 Å². The van der Waals surface area contributed by atoms with Gasteiger partial charge in [-0.1, -0.05) is 26.2 Å². The molecule has 2 heteroatoms. The highest BCUT2D eigenvalue weighted by molar-refractivity contribution is 4.91. The Bertz CT molecular complexity index is 274. The SMILES string of the molecule is CCNCC1(CN(CC2CC2)CC2CC2)CCCCC1. The van der Waals surface area contributed by atoms with Crippen molar-refractivity contribution in [1.29, 1.82) is 0 Å². The van der Waals surface area contributed by atoms with Crippen LogP contribution in [0.2, 0.25) is 0 Å². The molecule has 116 valence electrons. The van der Waals surface area contributed by atoms with E-state index in [0.717, 1.165) is 18.4 Å². The van der Waals surface area contributed by atoms with Gasteiger partial charge in [-0.2, -0.15) is 0 Å². The van der Waals surface area contributed by atoms with Gasteiger partial charge in [-0.25, -0.2) is 0 Å². The number of nitrogens with one attached hydrogen (secondary N) is 1. The van der Waals surface area contributed by atoms with Crippen molar-refractivity contribution in [2.75, 3.05) is 32.7 Å². The van der Waals surface area contributed by atoms with Gasteiger partial charge < -0.3 is 10.2 Å². The van der Waals surface area contributed by atoms with Crippen LogP contribution in [0, 0.1) is 17.3 Å². The van der Waals surface area contributed by atoms with Crippen molar-refractivity contribution in [2.45, 2.75) is 64.7 Å². The number of nitrogens with zero attached hydrogens (tertiary/aromatic N) is 1. The van der Waals surface area contributed by atoms with E-state index in [1.165, 1.54) is 84.0 Å². The van der Waals surface area contributed by atoms with Crippen LogP contribution in [-0.4, -0.2) is 37.6 Å². The summed E-state index contributed by atoms with van der Waals surface area (Å²) in [7, 11) is 0. The van der Waals surface area contributed by atoms with Gasteiger partial charge in [0, 0.05) is 26.2 Å². The predicted octanol–water partition coefficient (Wildman–Crippen LogP) is 3.67. The molecule has 20 heavy (non-hydrogen) atoms. The Balaban J connectivity index is 1.57. The van der Waals surface area contributed by atoms with Gasteiger partial charge in [0.25, 0.3) is 0 Å². The average Bonchev–Trinajstić information content (AvgIpc) is 3.34. The summed E-state index contributed by atoms with van der Waals surface area (Å²) in [6, 6.07) is 0. The summed E-state index contributed by atoms with van der Waals surface area (Å²) in [5.41, 5.74) is 0.595. The van der Waals surface area contributed by atoms with E-state index in [1.807, 2.05) is 0 Å². The Morgan fingerprint density at radius 3 is 2.05 bits per heavy atom. The summed E-state index contributed by atoms with van der Waals surface area (Å²) < 4.78 is 0. The summed E-state index contributed by atoms with van der Waals surface area (Å²) in [6.45, 7) is 8.84. The van der Waals surface area contributed by atoms with E-state index >= 15 is 0 Å². The summed E-state index contributed by atoms with van der Waals surface area (Å²) >= 11 is 0. The standard InChI is InChI=1S/C18H34N2/c1-2-19-14-18(10-4-3-5-11-18)15-20(12-16-6-7-16)13-17-8-9-17/h16-17,19H,2-15H2,1H3. The molecule has 0 amide bonds. The van der Waals surface area contributed by atoms with Crippen LogP contribution in [0.1, 0.15) is 64.7 Å². The monoisotopic (exact) mass is 278 g/mol. The fraction of sp³-hybridized carbons (Fsp3) is 1.00. The van der Waals surface area contributed by atoms with Crippen molar-refractivity contribution >= 4 is 0 Å². The molecule has 3 rings (SSSR count). The molecule has 0 aromatic heterocycles. The maximum absolute atomic E-state index is 3.68. The van der Waals surface area contributed by atoms with Gasteiger partial charge >= 0.3 is 0 Å². The fourth-order valence-electron chi connectivity index (χ4n) is 4.09.